The van der Waals surface area contributed by atoms with Crippen LogP contribution >= 0.6 is 0 Å². The quantitative estimate of drug-likeness (QED) is 0.0234. The zero-order valence-corrected chi connectivity index (χ0v) is 39.6. The number of carbonyl (C=O) groups excluding carboxylic acids is 3. The number of fused-ring (bicyclic) bond motifs is 2. The smallest absolute Gasteiger partial charge is 0.343 e. The Bertz CT molecular complexity index is 1880. The topological polar surface area (TPSA) is 153 Å². The molecule has 0 spiro atoms. The molecule has 0 aromatic heterocycles. The van der Waals surface area contributed by atoms with Crippen LogP contribution in [0.3, 0.4) is 0 Å². The van der Waals surface area contributed by atoms with Crippen molar-refractivity contribution in [1.82, 2.24) is 0 Å². The van der Waals surface area contributed by atoms with Crippen LogP contribution in [0.15, 0.2) is 78.9 Å². The first-order chi connectivity index (χ1) is 32.9. The summed E-state index contributed by atoms with van der Waals surface area (Å²) in [4.78, 5) is 39.8. The van der Waals surface area contributed by atoms with Crippen molar-refractivity contribution >= 4 is 17.9 Å². The Labute approximate surface area is 396 Å². The van der Waals surface area contributed by atoms with Crippen LogP contribution in [0.4, 0.5) is 0 Å². The number of rotatable bonds is 37. The van der Waals surface area contributed by atoms with Crippen molar-refractivity contribution in [2.45, 2.75) is 84.7 Å². The minimum absolute atomic E-state index is 0.167. The van der Waals surface area contributed by atoms with Crippen molar-refractivity contribution in [3.05, 3.63) is 95.6 Å². The second kappa shape index (κ2) is 32.0. The van der Waals surface area contributed by atoms with Crippen LogP contribution in [0.1, 0.15) is 104 Å². The van der Waals surface area contributed by atoms with Crippen LogP contribution in [-0.4, -0.2) is 110 Å². The molecule has 0 saturated heterocycles. The van der Waals surface area contributed by atoms with E-state index >= 15 is 0 Å². The molecule has 1 saturated carbocycles. The number of benzene rings is 3. The number of ether oxygens (including phenoxy) is 11. The van der Waals surface area contributed by atoms with Gasteiger partial charge >= 0.3 is 17.9 Å². The van der Waals surface area contributed by atoms with E-state index in [1.165, 1.54) is 0 Å². The van der Waals surface area contributed by atoms with E-state index in [4.69, 9.17) is 52.1 Å². The average molecular weight is 933 g/mol. The Morgan fingerprint density at radius 1 is 0.478 bits per heavy atom. The van der Waals surface area contributed by atoms with Gasteiger partial charge in [0.15, 0.2) is 0 Å². The molecule has 2 aliphatic carbocycles. The van der Waals surface area contributed by atoms with E-state index in [1.807, 2.05) is 13.8 Å². The Balaban J connectivity index is 1.03. The number of unbranched alkanes of at least 4 members (excludes halogenated alkanes) is 6. The molecular weight excluding hydrogens is 861 g/mol. The van der Waals surface area contributed by atoms with Crippen LogP contribution in [0, 0.1) is 17.8 Å². The molecule has 14 nitrogen and oxygen atoms in total. The van der Waals surface area contributed by atoms with Gasteiger partial charge in [0.05, 0.1) is 83.1 Å². The van der Waals surface area contributed by atoms with E-state index < -0.39 is 11.9 Å². The van der Waals surface area contributed by atoms with E-state index in [0.29, 0.717) is 127 Å². The van der Waals surface area contributed by atoms with Crippen molar-refractivity contribution in [1.29, 1.82) is 0 Å². The lowest BCUT2D eigenvalue weighted by atomic mass is 9.94. The summed E-state index contributed by atoms with van der Waals surface area (Å²) in [5.41, 5.74) is 1.04. The maximum absolute atomic E-state index is 13.4. The summed E-state index contributed by atoms with van der Waals surface area (Å²) in [5, 5.41) is 0. The molecule has 3 aromatic rings. The minimum atomic E-state index is -0.597. The normalized spacial score (nSPS) is 16.0. The molecule has 2 aliphatic rings. The van der Waals surface area contributed by atoms with Crippen molar-refractivity contribution in [2.75, 3.05) is 92.5 Å². The number of allylic oxidation sites excluding steroid dienone is 2. The zero-order valence-electron chi connectivity index (χ0n) is 39.6. The summed E-state index contributed by atoms with van der Waals surface area (Å²) in [7, 11) is 0. The van der Waals surface area contributed by atoms with Crippen molar-refractivity contribution in [3.8, 4) is 23.0 Å². The third kappa shape index (κ3) is 20.5. The van der Waals surface area contributed by atoms with Crippen LogP contribution in [0.25, 0.3) is 0 Å². The van der Waals surface area contributed by atoms with Crippen LogP contribution in [-0.2, 0) is 44.6 Å². The fourth-order valence-electron chi connectivity index (χ4n) is 7.71. The second-order valence-electron chi connectivity index (χ2n) is 16.5. The van der Waals surface area contributed by atoms with Gasteiger partial charge in [-0.05, 0) is 144 Å². The molecule has 67 heavy (non-hydrogen) atoms. The van der Waals surface area contributed by atoms with Gasteiger partial charge in [-0.15, -0.1) is 0 Å². The summed E-state index contributed by atoms with van der Waals surface area (Å²) in [6.07, 6.45) is 13.9. The first-order valence-electron chi connectivity index (χ1n) is 24.3. The average Bonchev–Trinajstić information content (AvgIpc) is 3.99. The van der Waals surface area contributed by atoms with Gasteiger partial charge in [0, 0.05) is 32.0 Å². The molecule has 14 heteroatoms. The predicted octanol–water partition coefficient (Wildman–Crippen LogP) is 9.40. The summed E-state index contributed by atoms with van der Waals surface area (Å²) in [6, 6.07) is 18.2. The van der Waals surface area contributed by atoms with Gasteiger partial charge in [-0.3, -0.25) is 4.79 Å². The van der Waals surface area contributed by atoms with E-state index in [1.54, 1.807) is 66.7 Å². The Morgan fingerprint density at radius 3 is 1.42 bits per heavy atom. The molecule has 0 N–H and O–H groups in total. The van der Waals surface area contributed by atoms with Crippen molar-refractivity contribution < 1.29 is 66.5 Å². The highest BCUT2D eigenvalue weighted by atomic mass is 16.6. The number of carbonyl (C=O) groups is 3. The van der Waals surface area contributed by atoms with E-state index in [9.17, 15) is 14.4 Å². The summed E-state index contributed by atoms with van der Waals surface area (Å²) in [6.45, 7) is 12.4. The SMILES string of the molecule is CCOCCOCCOCCCCCCOc1ccc(C(=O)Oc2ccc(OC(=O)c3ccc(OCCCCCCOCCOCCOCC)cc3)c(COC(=O)C3CC4C=CC3C4)c2)cc1. The molecule has 368 valence electrons. The predicted molar refractivity (Wildman–Crippen MR) is 252 cm³/mol. The van der Waals surface area contributed by atoms with Gasteiger partial charge in [-0.25, -0.2) is 9.59 Å². The van der Waals surface area contributed by atoms with Crippen molar-refractivity contribution in [2.24, 2.45) is 17.8 Å². The molecule has 3 aromatic carbocycles. The van der Waals surface area contributed by atoms with Crippen LogP contribution in [0.2, 0.25) is 0 Å². The maximum atomic E-state index is 13.4. The molecule has 0 radical (unpaired) electrons. The number of hydrogen-bond donors (Lipinski definition) is 0. The Hall–Kier alpha value is -4.83. The van der Waals surface area contributed by atoms with Crippen LogP contribution < -0.4 is 18.9 Å². The van der Waals surface area contributed by atoms with Gasteiger partial charge in [-0.1, -0.05) is 25.0 Å². The van der Waals surface area contributed by atoms with Gasteiger partial charge < -0.3 is 52.1 Å². The highest BCUT2D eigenvalue weighted by Crippen LogP contribution is 2.44. The zero-order chi connectivity index (χ0) is 47.2. The molecule has 3 unspecified atom stereocenters. The maximum Gasteiger partial charge on any atom is 0.343 e. The molecule has 0 heterocycles. The molecule has 1 fully saturated rings. The standard InChI is InChI=1S/C53H72O14/c1-3-57-29-31-61-35-33-59-25-9-5-7-11-27-63-46-19-15-42(16-20-46)51(54)66-48-23-24-50(45(39-48)40-65-53(56)49-38-41-13-14-44(49)37-41)67-52(55)43-17-21-47(22-18-43)64-28-12-8-6-10-26-60-34-36-62-32-30-58-4-2/h13-24,39,41,44,49H,3-12,25-38,40H2,1-2H3. The Morgan fingerprint density at radius 2 is 0.940 bits per heavy atom. The fourth-order valence-corrected chi connectivity index (χ4v) is 7.71. The van der Waals surface area contributed by atoms with Gasteiger partial charge in [0.1, 0.15) is 29.6 Å². The molecule has 3 atom stereocenters. The summed E-state index contributed by atoms with van der Waals surface area (Å²) >= 11 is 0. The Kier molecular flexibility index (Phi) is 25.4. The second-order valence-corrected chi connectivity index (χ2v) is 16.5. The number of esters is 3. The van der Waals surface area contributed by atoms with Crippen molar-refractivity contribution in [3.63, 3.8) is 0 Å². The number of hydrogen-bond acceptors (Lipinski definition) is 14. The molecule has 0 amide bonds. The lowest BCUT2D eigenvalue weighted by molar-refractivity contribution is -0.150. The lowest BCUT2D eigenvalue weighted by Crippen LogP contribution is -2.21. The van der Waals surface area contributed by atoms with Crippen LogP contribution in [0.5, 0.6) is 23.0 Å². The highest BCUT2D eigenvalue weighted by Gasteiger charge is 2.40. The monoisotopic (exact) mass is 932 g/mol. The first kappa shape index (κ1) is 53.1. The van der Waals surface area contributed by atoms with Gasteiger partial charge in [0.25, 0.3) is 0 Å². The van der Waals surface area contributed by atoms with E-state index in [-0.39, 0.29) is 35.9 Å². The fraction of sp³-hybridized carbons (Fsp3) is 0.566. The van der Waals surface area contributed by atoms with Gasteiger partial charge in [-0.2, -0.15) is 0 Å². The summed E-state index contributed by atoms with van der Waals surface area (Å²) in [5.74, 6) is 0.590. The first-order valence-corrected chi connectivity index (χ1v) is 24.3. The third-order valence-electron chi connectivity index (χ3n) is 11.4. The third-order valence-corrected chi connectivity index (χ3v) is 11.4. The summed E-state index contributed by atoms with van der Waals surface area (Å²) < 4.78 is 61.8. The molecular formula is C53H72O14. The highest BCUT2D eigenvalue weighted by molar-refractivity contribution is 5.92. The molecule has 0 aliphatic heterocycles. The van der Waals surface area contributed by atoms with E-state index in [0.717, 1.165) is 64.2 Å². The van der Waals surface area contributed by atoms with Gasteiger partial charge in [0.2, 0.25) is 0 Å². The lowest BCUT2D eigenvalue weighted by Gasteiger charge is -2.18. The largest absolute Gasteiger partial charge is 0.494 e. The molecule has 5 rings (SSSR count). The minimum Gasteiger partial charge on any atom is -0.494 e. The molecule has 2 bridgehead atoms. The van der Waals surface area contributed by atoms with E-state index in [2.05, 4.69) is 12.2 Å².